The monoisotopic (exact) mass is 288 g/mol. The van der Waals surface area contributed by atoms with Crippen LogP contribution in [0.1, 0.15) is 32.3 Å². The van der Waals surface area contributed by atoms with Crippen molar-refractivity contribution in [3.8, 4) is 5.75 Å². The first-order valence-electron chi connectivity index (χ1n) is 7.92. The van der Waals surface area contributed by atoms with E-state index in [9.17, 15) is 4.79 Å². The second-order valence-electron chi connectivity index (χ2n) is 6.28. The summed E-state index contributed by atoms with van der Waals surface area (Å²) in [4.78, 5) is 13.7. The number of piperidine rings is 1. The molecule has 0 aliphatic carbocycles. The zero-order chi connectivity index (χ0) is 14.8. The Hall–Kier alpha value is -1.55. The highest BCUT2D eigenvalue weighted by atomic mass is 16.5. The van der Waals surface area contributed by atoms with E-state index in [0.29, 0.717) is 12.5 Å². The fraction of sp³-hybridized carbons (Fsp3) is 0.588. The number of carbonyl (C=O) groups excluding carboxylic acids is 1. The van der Waals surface area contributed by atoms with Crippen LogP contribution in [0.15, 0.2) is 18.2 Å². The van der Waals surface area contributed by atoms with Gasteiger partial charge in [0.05, 0.1) is 12.2 Å². The van der Waals surface area contributed by atoms with E-state index < -0.39 is 0 Å². The Morgan fingerprint density at radius 3 is 3.05 bits per heavy atom. The summed E-state index contributed by atoms with van der Waals surface area (Å²) in [5.74, 6) is 1.61. The van der Waals surface area contributed by atoms with Crippen molar-refractivity contribution >= 4 is 11.6 Å². The number of nitrogens with zero attached hydrogens (tertiary/aromatic N) is 1. The molecule has 0 saturated carbocycles. The van der Waals surface area contributed by atoms with Crippen LogP contribution < -0.4 is 15.0 Å². The van der Waals surface area contributed by atoms with Crippen LogP contribution in [0, 0.1) is 5.92 Å². The molecule has 2 heterocycles. The van der Waals surface area contributed by atoms with Gasteiger partial charge >= 0.3 is 0 Å². The van der Waals surface area contributed by atoms with Crippen molar-refractivity contribution in [3.63, 3.8) is 0 Å². The number of nitrogens with one attached hydrogen (secondary N) is 1. The Labute approximate surface area is 126 Å². The average Bonchev–Trinajstić information content (AvgIpc) is 2.47. The van der Waals surface area contributed by atoms with E-state index >= 15 is 0 Å². The summed E-state index contributed by atoms with van der Waals surface area (Å²) >= 11 is 0. The van der Waals surface area contributed by atoms with Crippen molar-refractivity contribution in [1.29, 1.82) is 0 Å². The molecule has 0 spiro atoms. The van der Waals surface area contributed by atoms with Gasteiger partial charge in [-0.1, -0.05) is 6.07 Å². The van der Waals surface area contributed by atoms with Crippen molar-refractivity contribution < 1.29 is 9.53 Å². The SMILES string of the molecule is CC(=O)N1CC(C)Oc2ccc(CC3CCCNC3)cc21. The largest absolute Gasteiger partial charge is 0.487 e. The number of ether oxygens (including phenoxy) is 1. The molecule has 0 bridgehead atoms. The molecule has 2 aliphatic heterocycles. The summed E-state index contributed by atoms with van der Waals surface area (Å²) in [6.07, 6.45) is 3.67. The molecule has 2 atom stereocenters. The van der Waals surface area contributed by atoms with E-state index in [1.807, 2.05) is 17.9 Å². The molecule has 1 saturated heterocycles. The normalized spacial score (nSPS) is 25.1. The van der Waals surface area contributed by atoms with Gasteiger partial charge in [-0.2, -0.15) is 0 Å². The molecule has 2 unspecified atom stereocenters. The fourth-order valence-corrected chi connectivity index (χ4v) is 3.34. The Morgan fingerprint density at radius 1 is 1.48 bits per heavy atom. The first kappa shape index (κ1) is 14.4. The molecular formula is C17H24N2O2. The summed E-state index contributed by atoms with van der Waals surface area (Å²) in [6.45, 7) is 6.50. The summed E-state index contributed by atoms with van der Waals surface area (Å²) < 4.78 is 5.85. The molecule has 4 heteroatoms. The molecule has 0 aromatic heterocycles. The van der Waals surface area contributed by atoms with Gasteiger partial charge in [0.2, 0.25) is 5.91 Å². The second-order valence-corrected chi connectivity index (χ2v) is 6.28. The molecule has 1 amide bonds. The van der Waals surface area contributed by atoms with E-state index in [2.05, 4.69) is 17.4 Å². The molecule has 2 aliphatic rings. The van der Waals surface area contributed by atoms with Gasteiger partial charge in [-0.05, 0) is 62.9 Å². The minimum atomic E-state index is 0.0507. The maximum Gasteiger partial charge on any atom is 0.224 e. The Kier molecular flexibility index (Phi) is 4.15. The number of fused-ring (bicyclic) bond motifs is 1. The maximum absolute atomic E-state index is 11.9. The van der Waals surface area contributed by atoms with Gasteiger partial charge in [0.15, 0.2) is 0 Å². The number of hydrogen-bond donors (Lipinski definition) is 1. The van der Waals surface area contributed by atoms with Crippen molar-refractivity contribution in [1.82, 2.24) is 5.32 Å². The Bertz CT molecular complexity index is 524. The van der Waals surface area contributed by atoms with Crippen molar-refractivity contribution in [2.45, 2.75) is 39.2 Å². The number of hydrogen-bond acceptors (Lipinski definition) is 3. The number of benzene rings is 1. The quantitative estimate of drug-likeness (QED) is 0.908. The molecule has 114 valence electrons. The van der Waals surface area contributed by atoms with Crippen molar-refractivity contribution in [2.75, 3.05) is 24.5 Å². The first-order valence-corrected chi connectivity index (χ1v) is 7.92. The fourth-order valence-electron chi connectivity index (χ4n) is 3.34. The first-order chi connectivity index (χ1) is 10.1. The highest BCUT2D eigenvalue weighted by Crippen LogP contribution is 2.35. The predicted octanol–water partition coefficient (Wildman–Crippen LogP) is 2.36. The lowest BCUT2D eigenvalue weighted by Crippen LogP contribution is -2.41. The third-order valence-electron chi connectivity index (χ3n) is 4.39. The molecule has 3 rings (SSSR count). The van der Waals surface area contributed by atoms with E-state index in [1.54, 1.807) is 6.92 Å². The van der Waals surface area contributed by atoms with Crippen LogP contribution in [0.4, 0.5) is 5.69 Å². The van der Waals surface area contributed by atoms with Crippen LogP contribution in [0.2, 0.25) is 0 Å². The van der Waals surface area contributed by atoms with Crippen LogP contribution in [-0.2, 0) is 11.2 Å². The van der Waals surface area contributed by atoms with Crippen molar-refractivity contribution in [2.24, 2.45) is 5.92 Å². The second kappa shape index (κ2) is 6.06. The maximum atomic E-state index is 11.9. The van der Waals surface area contributed by atoms with Gasteiger partial charge in [-0.25, -0.2) is 0 Å². The van der Waals surface area contributed by atoms with Crippen LogP contribution in [0.5, 0.6) is 5.75 Å². The van der Waals surface area contributed by atoms with Crippen LogP contribution >= 0.6 is 0 Å². The lowest BCUT2D eigenvalue weighted by molar-refractivity contribution is -0.117. The number of anilines is 1. The van der Waals surface area contributed by atoms with Crippen LogP contribution in [0.25, 0.3) is 0 Å². The average molecular weight is 288 g/mol. The summed E-state index contributed by atoms with van der Waals surface area (Å²) in [5.41, 5.74) is 2.23. The standard InChI is InChI=1S/C17H24N2O2/c1-12-11-19(13(2)20)16-9-14(5-6-17(16)21-12)8-15-4-3-7-18-10-15/h5-6,9,12,15,18H,3-4,7-8,10-11H2,1-2H3. The van der Waals surface area contributed by atoms with Crippen LogP contribution in [0.3, 0.4) is 0 Å². The lowest BCUT2D eigenvalue weighted by atomic mass is 9.92. The van der Waals surface area contributed by atoms with E-state index in [0.717, 1.165) is 30.9 Å². The Morgan fingerprint density at radius 2 is 2.33 bits per heavy atom. The minimum absolute atomic E-state index is 0.0507. The molecule has 1 fully saturated rings. The highest BCUT2D eigenvalue weighted by molar-refractivity contribution is 5.93. The van der Waals surface area contributed by atoms with Gasteiger partial charge in [0.25, 0.3) is 0 Å². The van der Waals surface area contributed by atoms with Gasteiger partial charge in [0.1, 0.15) is 11.9 Å². The number of rotatable bonds is 2. The molecule has 21 heavy (non-hydrogen) atoms. The summed E-state index contributed by atoms with van der Waals surface area (Å²) in [7, 11) is 0. The third-order valence-corrected chi connectivity index (χ3v) is 4.39. The van der Waals surface area contributed by atoms with E-state index in [4.69, 9.17) is 4.74 Å². The zero-order valence-electron chi connectivity index (χ0n) is 12.9. The third kappa shape index (κ3) is 3.21. The van der Waals surface area contributed by atoms with Gasteiger partial charge in [-0.15, -0.1) is 0 Å². The number of carbonyl (C=O) groups is 1. The Balaban J connectivity index is 1.81. The highest BCUT2D eigenvalue weighted by Gasteiger charge is 2.26. The molecule has 1 aromatic carbocycles. The molecule has 4 nitrogen and oxygen atoms in total. The lowest BCUT2D eigenvalue weighted by Gasteiger charge is -2.33. The summed E-state index contributed by atoms with van der Waals surface area (Å²) in [6, 6.07) is 6.30. The molecule has 1 N–H and O–H groups in total. The van der Waals surface area contributed by atoms with Gasteiger partial charge < -0.3 is 15.0 Å². The molecule has 0 radical (unpaired) electrons. The van der Waals surface area contributed by atoms with Gasteiger partial charge in [-0.3, -0.25) is 4.79 Å². The predicted molar refractivity (Wildman–Crippen MR) is 83.9 cm³/mol. The van der Waals surface area contributed by atoms with E-state index in [-0.39, 0.29) is 12.0 Å². The minimum Gasteiger partial charge on any atom is -0.487 e. The summed E-state index contributed by atoms with van der Waals surface area (Å²) in [5, 5.41) is 3.46. The van der Waals surface area contributed by atoms with Crippen LogP contribution in [-0.4, -0.2) is 31.6 Å². The number of amides is 1. The topological polar surface area (TPSA) is 41.6 Å². The zero-order valence-corrected chi connectivity index (χ0v) is 12.9. The van der Waals surface area contributed by atoms with Gasteiger partial charge in [0, 0.05) is 6.92 Å². The molecular weight excluding hydrogens is 264 g/mol. The van der Waals surface area contributed by atoms with E-state index in [1.165, 1.54) is 18.4 Å². The van der Waals surface area contributed by atoms with Crippen molar-refractivity contribution in [3.05, 3.63) is 23.8 Å². The smallest absolute Gasteiger partial charge is 0.224 e. The molecule has 1 aromatic rings.